The van der Waals surface area contributed by atoms with Crippen molar-refractivity contribution in [1.29, 1.82) is 0 Å². The van der Waals surface area contributed by atoms with Gasteiger partial charge >= 0.3 is 6.18 Å². The first-order valence-corrected chi connectivity index (χ1v) is 10.5. The van der Waals surface area contributed by atoms with E-state index in [-0.39, 0.29) is 18.6 Å². The second-order valence-electron chi connectivity index (χ2n) is 8.33. The quantitative estimate of drug-likeness (QED) is 0.663. The van der Waals surface area contributed by atoms with E-state index in [4.69, 9.17) is 10.7 Å². The van der Waals surface area contributed by atoms with Crippen LogP contribution in [0.3, 0.4) is 0 Å². The molecule has 2 N–H and O–H groups in total. The molecule has 0 bridgehead atoms. The van der Waals surface area contributed by atoms with Gasteiger partial charge in [-0.15, -0.1) is 0 Å². The van der Waals surface area contributed by atoms with E-state index in [1.165, 1.54) is 6.20 Å². The predicted molar refractivity (Wildman–Crippen MR) is 107 cm³/mol. The van der Waals surface area contributed by atoms with Crippen molar-refractivity contribution < 1.29 is 17.6 Å². The number of alkyl halides is 4. The number of imidazole rings is 1. The lowest BCUT2D eigenvalue weighted by atomic mass is 10.0. The zero-order valence-electron chi connectivity index (χ0n) is 17.2. The van der Waals surface area contributed by atoms with Crippen molar-refractivity contribution in [2.75, 3.05) is 32.0 Å². The van der Waals surface area contributed by atoms with Gasteiger partial charge in [0.25, 0.3) is 0 Å². The summed E-state index contributed by atoms with van der Waals surface area (Å²) in [6, 6.07) is 1.31. The van der Waals surface area contributed by atoms with Gasteiger partial charge in [0.15, 0.2) is 0 Å². The molecular weight excluding hydrogens is 398 g/mol. The molecule has 0 spiro atoms. The Labute approximate surface area is 173 Å². The van der Waals surface area contributed by atoms with Crippen molar-refractivity contribution in [3.8, 4) is 11.3 Å². The van der Waals surface area contributed by atoms with Gasteiger partial charge < -0.3 is 15.2 Å². The summed E-state index contributed by atoms with van der Waals surface area (Å²) in [5.74, 6) is 1.50. The molecule has 9 heteroatoms. The van der Waals surface area contributed by atoms with E-state index in [1.54, 1.807) is 0 Å². The number of aromatic nitrogens is 3. The third-order valence-corrected chi connectivity index (χ3v) is 6.58. The highest BCUT2D eigenvalue weighted by Gasteiger charge is 2.57. The van der Waals surface area contributed by atoms with Crippen molar-refractivity contribution in [1.82, 2.24) is 19.4 Å². The Morgan fingerprint density at radius 3 is 2.43 bits per heavy atom. The molecule has 3 atom stereocenters. The lowest BCUT2D eigenvalue weighted by Crippen LogP contribution is -2.27. The van der Waals surface area contributed by atoms with Gasteiger partial charge in [-0.05, 0) is 30.7 Å². The number of nitrogens with zero attached hydrogens (tertiary/aromatic N) is 4. The summed E-state index contributed by atoms with van der Waals surface area (Å²) >= 11 is 0. The number of pyridine rings is 1. The number of fused-ring (bicyclic) bond motifs is 1. The normalized spacial score (nSPS) is 23.9. The lowest BCUT2D eigenvalue weighted by molar-refractivity contribution is -0.137. The van der Waals surface area contributed by atoms with Crippen LogP contribution in [0.1, 0.15) is 50.0 Å². The molecule has 2 aromatic heterocycles. The number of rotatable bonds is 7. The summed E-state index contributed by atoms with van der Waals surface area (Å²) in [6.45, 7) is 6.02. The molecule has 2 fully saturated rings. The second kappa shape index (κ2) is 7.83. The van der Waals surface area contributed by atoms with Crippen LogP contribution in [0, 0.1) is 11.8 Å². The van der Waals surface area contributed by atoms with Gasteiger partial charge in [-0.1, -0.05) is 13.8 Å². The van der Waals surface area contributed by atoms with Gasteiger partial charge in [0.05, 0.1) is 11.3 Å². The fraction of sp³-hybridized carbons (Fsp3) is 0.619. The Kier molecular flexibility index (Phi) is 5.50. The molecule has 1 aliphatic heterocycles. The maximum absolute atomic E-state index is 13.3. The first kappa shape index (κ1) is 21.1. The molecule has 30 heavy (non-hydrogen) atoms. The summed E-state index contributed by atoms with van der Waals surface area (Å²) in [5.41, 5.74) is 5.31. The Morgan fingerprint density at radius 1 is 1.20 bits per heavy atom. The van der Waals surface area contributed by atoms with Crippen molar-refractivity contribution in [3.63, 3.8) is 0 Å². The van der Waals surface area contributed by atoms with Crippen LogP contribution in [-0.4, -0.2) is 45.7 Å². The highest BCUT2D eigenvalue weighted by Crippen LogP contribution is 2.56. The van der Waals surface area contributed by atoms with E-state index in [2.05, 4.69) is 28.3 Å². The Balaban J connectivity index is 1.68. The molecule has 2 aliphatic rings. The van der Waals surface area contributed by atoms with Gasteiger partial charge in [-0.25, -0.2) is 14.4 Å². The number of nitrogens with two attached hydrogens (primary N) is 1. The summed E-state index contributed by atoms with van der Waals surface area (Å²) in [5, 5.41) is 0. The van der Waals surface area contributed by atoms with E-state index in [0.717, 1.165) is 37.8 Å². The largest absolute Gasteiger partial charge is 0.419 e. The number of likely N-dealkylation sites (tertiary alicyclic amines) is 1. The summed E-state index contributed by atoms with van der Waals surface area (Å²) in [6.07, 6.45) is 0.447. The molecule has 1 aliphatic carbocycles. The first-order valence-electron chi connectivity index (χ1n) is 10.5. The summed E-state index contributed by atoms with van der Waals surface area (Å²) < 4.78 is 54.7. The predicted octanol–water partition coefficient (Wildman–Crippen LogP) is 4.52. The number of anilines is 1. The minimum atomic E-state index is -4.57. The van der Waals surface area contributed by atoms with Crippen molar-refractivity contribution in [2.45, 2.75) is 44.8 Å². The third-order valence-electron chi connectivity index (χ3n) is 6.58. The number of hydrogen-bond donors (Lipinski definition) is 1. The van der Waals surface area contributed by atoms with Gasteiger partial charge in [-0.2, -0.15) is 13.2 Å². The van der Waals surface area contributed by atoms with E-state index in [1.807, 2.05) is 6.20 Å². The fourth-order valence-electron chi connectivity index (χ4n) is 4.88. The van der Waals surface area contributed by atoms with Crippen LogP contribution >= 0.6 is 0 Å². The van der Waals surface area contributed by atoms with E-state index >= 15 is 0 Å². The smallest absolute Gasteiger partial charge is 0.383 e. The topological polar surface area (TPSA) is 60.0 Å². The average Bonchev–Trinajstić information content (AvgIpc) is 3.04. The van der Waals surface area contributed by atoms with Gasteiger partial charge in [0.2, 0.25) is 0 Å². The number of nitrogen functional groups attached to an aromatic ring is 1. The molecule has 0 amide bonds. The second-order valence-corrected chi connectivity index (χ2v) is 8.33. The van der Waals surface area contributed by atoms with Crippen LogP contribution in [0.25, 0.3) is 11.3 Å². The molecule has 2 aromatic rings. The molecule has 1 saturated heterocycles. The minimum Gasteiger partial charge on any atom is -0.383 e. The number of halogens is 4. The summed E-state index contributed by atoms with van der Waals surface area (Å²) in [7, 11) is 0. The zero-order chi connectivity index (χ0) is 21.6. The van der Waals surface area contributed by atoms with E-state index in [0.29, 0.717) is 29.6 Å². The van der Waals surface area contributed by atoms with Gasteiger partial charge in [0.1, 0.15) is 18.3 Å². The number of hydrogen-bond acceptors (Lipinski definition) is 4. The first-order chi connectivity index (χ1) is 14.3. The monoisotopic (exact) mass is 425 g/mol. The molecule has 5 nitrogen and oxygen atoms in total. The maximum Gasteiger partial charge on any atom is 0.419 e. The highest BCUT2D eigenvalue weighted by molar-refractivity contribution is 5.62. The Hall–Kier alpha value is -2.16. The van der Waals surface area contributed by atoms with Gasteiger partial charge in [0, 0.05) is 49.6 Å². The molecule has 0 radical (unpaired) electrons. The fourth-order valence-corrected chi connectivity index (χ4v) is 4.88. The molecular formula is C21H27F4N5. The van der Waals surface area contributed by atoms with Crippen LogP contribution < -0.4 is 5.73 Å². The molecule has 4 rings (SSSR count). The standard InChI is InChI=1S/C21H27F4N5/c1-3-12(4-2)20-28-17(13-7-16(21(23,24)25)19(26)27-8-13)11-30(20)18-14-9-29(6-5-22)10-15(14)18/h7-8,11-12,14-15,18H,3-6,9-10H2,1-2H3,(H2,26,27)/t14-,15+,18-. The minimum absolute atomic E-state index is 0.228. The Morgan fingerprint density at radius 2 is 1.87 bits per heavy atom. The SMILES string of the molecule is CCC(CC)c1nc(-c2cnc(N)c(C(F)(F)F)c2)cn1[C@@H]1[C@@H]2CN(CCF)C[C@@H]21. The van der Waals surface area contributed by atoms with Crippen LogP contribution in [-0.2, 0) is 6.18 Å². The van der Waals surface area contributed by atoms with E-state index < -0.39 is 17.6 Å². The van der Waals surface area contributed by atoms with Crippen LogP contribution in [0.4, 0.5) is 23.4 Å². The van der Waals surface area contributed by atoms with Crippen molar-refractivity contribution >= 4 is 5.82 Å². The average molecular weight is 425 g/mol. The van der Waals surface area contributed by atoms with Crippen molar-refractivity contribution in [2.24, 2.45) is 11.8 Å². The van der Waals surface area contributed by atoms with Crippen molar-refractivity contribution in [3.05, 3.63) is 29.8 Å². The molecule has 164 valence electrons. The Bertz CT molecular complexity index is 893. The zero-order valence-corrected chi connectivity index (χ0v) is 17.2. The van der Waals surface area contributed by atoms with Crippen LogP contribution in [0.2, 0.25) is 0 Å². The third kappa shape index (κ3) is 3.68. The van der Waals surface area contributed by atoms with Crippen LogP contribution in [0.15, 0.2) is 18.5 Å². The highest BCUT2D eigenvalue weighted by atomic mass is 19.4. The number of piperidine rings is 1. The van der Waals surface area contributed by atoms with Gasteiger partial charge in [-0.3, -0.25) is 0 Å². The molecule has 0 aromatic carbocycles. The lowest BCUT2D eigenvalue weighted by Gasteiger charge is -2.20. The van der Waals surface area contributed by atoms with Crippen LogP contribution in [0.5, 0.6) is 0 Å². The van der Waals surface area contributed by atoms with E-state index in [9.17, 15) is 17.6 Å². The maximum atomic E-state index is 13.3. The molecule has 1 saturated carbocycles. The molecule has 3 heterocycles. The summed E-state index contributed by atoms with van der Waals surface area (Å²) in [4.78, 5) is 10.7. The molecule has 0 unspecified atom stereocenters.